The van der Waals surface area contributed by atoms with Crippen molar-refractivity contribution >= 4 is 0 Å². The smallest absolute Gasteiger partial charge is 0.0549 e. The summed E-state index contributed by atoms with van der Waals surface area (Å²) < 4.78 is 0. The quantitative estimate of drug-likeness (QED) is 0.460. The molecule has 0 aromatic carbocycles. The van der Waals surface area contributed by atoms with E-state index in [2.05, 4.69) is 12.8 Å². The third-order valence-electron chi connectivity index (χ3n) is 1.76. The number of aliphatic hydroxyl groups is 1. The van der Waals surface area contributed by atoms with E-state index in [1.807, 2.05) is 0 Å². The molecule has 0 aliphatic rings. The van der Waals surface area contributed by atoms with Gasteiger partial charge in [-0.3, -0.25) is 0 Å². The van der Waals surface area contributed by atoms with Crippen LogP contribution < -0.4 is 0 Å². The molecule has 0 aliphatic heterocycles. The molecular formula is C10H18O. The molecule has 0 radical (unpaired) electrons. The van der Waals surface area contributed by atoms with Crippen LogP contribution in [0, 0.1) is 12.3 Å². The Balaban J connectivity index is 3.10. The molecule has 64 valence electrons. The summed E-state index contributed by atoms with van der Waals surface area (Å²) in [6.07, 6.45) is 10.8. The summed E-state index contributed by atoms with van der Waals surface area (Å²) in [5.74, 6) is 2.53. The molecule has 0 amide bonds. The fourth-order valence-electron chi connectivity index (χ4n) is 1.02. The van der Waals surface area contributed by atoms with Crippen LogP contribution in [0.2, 0.25) is 0 Å². The fraction of sp³-hybridized carbons (Fsp3) is 0.800. The molecule has 0 aliphatic carbocycles. The maximum atomic E-state index is 9.31. The predicted octanol–water partition coefficient (Wildman–Crippen LogP) is 2.34. The summed E-state index contributed by atoms with van der Waals surface area (Å²) in [6, 6.07) is 0. The van der Waals surface area contributed by atoms with Gasteiger partial charge in [0.2, 0.25) is 0 Å². The lowest BCUT2D eigenvalue weighted by Crippen LogP contribution is -2.05. The predicted molar refractivity (Wildman–Crippen MR) is 48.2 cm³/mol. The van der Waals surface area contributed by atoms with Gasteiger partial charge in [-0.1, -0.05) is 26.2 Å². The Morgan fingerprint density at radius 3 is 2.64 bits per heavy atom. The van der Waals surface area contributed by atoms with Crippen molar-refractivity contribution in [1.82, 2.24) is 0 Å². The van der Waals surface area contributed by atoms with Gasteiger partial charge in [0.15, 0.2) is 0 Å². The van der Waals surface area contributed by atoms with Crippen molar-refractivity contribution in [2.24, 2.45) is 0 Å². The SMILES string of the molecule is C#CCCC(O)CCCCC. The average molecular weight is 154 g/mol. The Labute approximate surface area is 69.8 Å². The lowest BCUT2D eigenvalue weighted by atomic mass is 10.1. The van der Waals surface area contributed by atoms with E-state index >= 15 is 0 Å². The summed E-state index contributed by atoms with van der Waals surface area (Å²) >= 11 is 0. The van der Waals surface area contributed by atoms with Crippen molar-refractivity contribution < 1.29 is 5.11 Å². The standard InChI is InChI=1S/C10H18O/c1-3-5-7-9-10(11)8-6-4-2/h2,10-11H,3,5-9H2,1H3. The van der Waals surface area contributed by atoms with E-state index < -0.39 is 0 Å². The van der Waals surface area contributed by atoms with Crippen LogP contribution in [0.3, 0.4) is 0 Å². The highest BCUT2D eigenvalue weighted by Crippen LogP contribution is 2.07. The second kappa shape index (κ2) is 7.63. The first-order valence-electron chi connectivity index (χ1n) is 4.42. The normalized spacial score (nSPS) is 12.5. The van der Waals surface area contributed by atoms with Crippen LogP contribution in [-0.2, 0) is 0 Å². The lowest BCUT2D eigenvalue weighted by molar-refractivity contribution is 0.153. The van der Waals surface area contributed by atoms with Gasteiger partial charge in [-0.05, 0) is 12.8 Å². The minimum absolute atomic E-state index is 0.169. The van der Waals surface area contributed by atoms with Gasteiger partial charge in [0.05, 0.1) is 6.10 Å². The molecule has 1 atom stereocenters. The molecule has 0 aromatic rings. The highest BCUT2D eigenvalue weighted by Gasteiger charge is 2.00. The number of aliphatic hydroxyl groups excluding tert-OH is 1. The van der Waals surface area contributed by atoms with Gasteiger partial charge < -0.3 is 5.11 Å². The number of hydrogen-bond acceptors (Lipinski definition) is 1. The Morgan fingerprint density at radius 1 is 1.36 bits per heavy atom. The van der Waals surface area contributed by atoms with E-state index in [0.29, 0.717) is 6.42 Å². The highest BCUT2D eigenvalue weighted by molar-refractivity contribution is 4.84. The first-order chi connectivity index (χ1) is 5.31. The van der Waals surface area contributed by atoms with Gasteiger partial charge in [-0.2, -0.15) is 0 Å². The topological polar surface area (TPSA) is 20.2 Å². The number of rotatable bonds is 6. The minimum Gasteiger partial charge on any atom is -0.393 e. The second-order valence-corrected chi connectivity index (χ2v) is 2.89. The van der Waals surface area contributed by atoms with E-state index in [1.165, 1.54) is 12.8 Å². The van der Waals surface area contributed by atoms with Gasteiger partial charge in [0.25, 0.3) is 0 Å². The molecule has 1 heteroatoms. The Morgan fingerprint density at radius 2 is 2.09 bits per heavy atom. The molecule has 0 rings (SSSR count). The zero-order valence-corrected chi connectivity index (χ0v) is 7.34. The third kappa shape index (κ3) is 7.42. The zero-order valence-electron chi connectivity index (χ0n) is 7.34. The van der Waals surface area contributed by atoms with Gasteiger partial charge >= 0.3 is 0 Å². The van der Waals surface area contributed by atoms with Gasteiger partial charge in [-0.25, -0.2) is 0 Å². The molecule has 1 unspecified atom stereocenters. The fourth-order valence-corrected chi connectivity index (χ4v) is 1.02. The lowest BCUT2D eigenvalue weighted by Gasteiger charge is -2.06. The summed E-state index contributed by atoms with van der Waals surface area (Å²) in [4.78, 5) is 0. The van der Waals surface area contributed by atoms with Crippen LogP contribution in [0.15, 0.2) is 0 Å². The maximum absolute atomic E-state index is 9.31. The average Bonchev–Trinajstić information content (AvgIpc) is 2.01. The van der Waals surface area contributed by atoms with Gasteiger partial charge in [0, 0.05) is 6.42 Å². The largest absolute Gasteiger partial charge is 0.393 e. The van der Waals surface area contributed by atoms with Crippen LogP contribution in [0.4, 0.5) is 0 Å². The highest BCUT2D eigenvalue weighted by atomic mass is 16.3. The van der Waals surface area contributed by atoms with Crippen molar-refractivity contribution in [3.8, 4) is 12.3 Å². The van der Waals surface area contributed by atoms with Crippen LogP contribution in [0.25, 0.3) is 0 Å². The molecule has 0 fully saturated rings. The molecule has 0 bridgehead atoms. The summed E-state index contributed by atoms with van der Waals surface area (Å²) in [5.41, 5.74) is 0. The van der Waals surface area contributed by atoms with Crippen molar-refractivity contribution in [2.45, 2.75) is 51.6 Å². The Bertz CT molecular complexity index is 113. The monoisotopic (exact) mass is 154 g/mol. The van der Waals surface area contributed by atoms with Crippen molar-refractivity contribution in [3.05, 3.63) is 0 Å². The summed E-state index contributed by atoms with van der Waals surface area (Å²) in [5, 5.41) is 9.31. The van der Waals surface area contributed by atoms with Crippen LogP contribution >= 0.6 is 0 Å². The number of unbranched alkanes of at least 4 members (excludes halogenated alkanes) is 2. The summed E-state index contributed by atoms with van der Waals surface area (Å²) in [6.45, 7) is 2.16. The van der Waals surface area contributed by atoms with Gasteiger partial charge in [0.1, 0.15) is 0 Å². The van der Waals surface area contributed by atoms with Crippen molar-refractivity contribution in [1.29, 1.82) is 0 Å². The van der Waals surface area contributed by atoms with E-state index in [-0.39, 0.29) is 6.10 Å². The van der Waals surface area contributed by atoms with Gasteiger partial charge in [-0.15, -0.1) is 12.3 Å². The molecule has 0 aromatic heterocycles. The molecular weight excluding hydrogens is 136 g/mol. The minimum atomic E-state index is -0.169. The van der Waals surface area contributed by atoms with Crippen LogP contribution in [0.5, 0.6) is 0 Å². The second-order valence-electron chi connectivity index (χ2n) is 2.89. The molecule has 0 spiro atoms. The van der Waals surface area contributed by atoms with Crippen molar-refractivity contribution in [2.75, 3.05) is 0 Å². The van der Waals surface area contributed by atoms with Crippen molar-refractivity contribution in [3.63, 3.8) is 0 Å². The number of hydrogen-bond donors (Lipinski definition) is 1. The molecule has 0 saturated heterocycles. The summed E-state index contributed by atoms with van der Waals surface area (Å²) in [7, 11) is 0. The number of terminal acetylenes is 1. The first kappa shape index (κ1) is 10.5. The maximum Gasteiger partial charge on any atom is 0.0549 e. The van der Waals surface area contributed by atoms with E-state index in [4.69, 9.17) is 6.42 Å². The van der Waals surface area contributed by atoms with Crippen LogP contribution in [0.1, 0.15) is 45.4 Å². The van der Waals surface area contributed by atoms with E-state index in [0.717, 1.165) is 19.3 Å². The third-order valence-corrected chi connectivity index (χ3v) is 1.76. The zero-order chi connectivity index (χ0) is 8.53. The van der Waals surface area contributed by atoms with E-state index in [1.54, 1.807) is 0 Å². The Kier molecular flexibility index (Phi) is 7.29. The molecule has 11 heavy (non-hydrogen) atoms. The molecule has 0 saturated carbocycles. The van der Waals surface area contributed by atoms with E-state index in [9.17, 15) is 5.11 Å². The van der Waals surface area contributed by atoms with Crippen LogP contribution in [-0.4, -0.2) is 11.2 Å². The molecule has 1 nitrogen and oxygen atoms in total. The first-order valence-corrected chi connectivity index (χ1v) is 4.42. The molecule has 0 heterocycles. The Hall–Kier alpha value is -0.480. The molecule has 1 N–H and O–H groups in total.